The first-order chi connectivity index (χ1) is 21.3. The van der Waals surface area contributed by atoms with E-state index in [0.29, 0.717) is 10.9 Å². The molecule has 4 N–H and O–H groups in total. The zero-order valence-corrected chi connectivity index (χ0v) is 23.9. The Hall–Kier alpha value is -4.49. The predicted octanol–water partition coefficient (Wildman–Crippen LogP) is 4.70. The Bertz CT molecular complexity index is 1900. The maximum absolute atomic E-state index is 14.8. The van der Waals surface area contributed by atoms with Crippen molar-refractivity contribution < 1.29 is 41.7 Å². The molecule has 0 spiro atoms. The van der Waals surface area contributed by atoms with E-state index in [-0.39, 0.29) is 51.4 Å². The van der Waals surface area contributed by atoms with Crippen LogP contribution in [-0.2, 0) is 15.8 Å². The first-order valence-electron chi connectivity index (χ1n) is 13.9. The molecule has 2 amide bonds. The minimum Gasteiger partial charge on any atom is -0.488 e. The fourth-order valence-electron chi connectivity index (χ4n) is 5.61. The van der Waals surface area contributed by atoms with Crippen LogP contribution in [-0.4, -0.2) is 51.8 Å². The lowest BCUT2D eigenvalue weighted by molar-refractivity contribution is -0.265. The smallest absolute Gasteiger partial charge is 0.424 e. The Morgan fingerprint density at radius 3 is 2.56 bits per heavy atom. The standard InChI is InChI=1S/C31H23ClF4N4O5/c32-17-8-15-7-16(9-21(24(15)38-12-17)44-19-5-6-19)27(41)39-13-30(43,31(34,35)36)22-10-20-26(45-23-11-29(20,23)28(37)42)25(40-22)14-1-3-18(33)4-2-14/h1-4,7-10,12,19,23,43H,5-6,11,13H2,(H2,37,42)(H,39,41)/t23?,29-,30+/m1/s1. The molecule has 3 atom stereocenters. The van der Waals surface area contributed by atoms with E-state index in [4.69, 9.17) is 26.8 Å². The summed E-state index contributed by atoms with van der Waals surface area (Å²) < 4.78 is 69.7. The van der Waals surface area contributed by atoms with Crippen LogP contribution in [0.5, 0.6) is 11.5 Å². The molecule has 0 bridgehead atoms. The summed E-state index contributed by atoms with van der Waals surface area (Å²) in [5.41, 5.74) is 0.0328. The number of hydrogen-bond donors (Lipinski definition) is 3. The Labute approximate surface area is 257 Å². The van der Waals surface area contributed by atoms with Gasteiger partial charge in [-0.15, -0.1) is 0 Å². The second-order valence-corrected chi connectivity index (χ2v) is 11.9. The number of nitrogens with zero attached hydrogens (tertiary/aromatic N) is 2. The van der Waals surface area contributed by atoms with Crippen molar-refractivity contribution in [1.82, 2.24) is 15.3 Å². The highest BCUT2D eigenvalue weighted by atomic mass is 35.5. The number of fused-ring (bicyclic) bond motifs is 4. The molecule has 2 saturated carbocycles. The number of nitrogens with two attached hydrogens (primary N) is 1. The second-order valence-electron chi connectivity index (χ2n) is 11.4. The number of aromatic nitrogens is 2. The van der Waals surface area contributed by atoms with Crippen molar-refractivity contribution in [3.8, 4) is 22.8 Å². The summed E-state index contributed by atoms with van der Waals surface area (Å²) in [4.78, 5) is 34.2. The van der Waals surface area contributed by atoms with Crippen molar-refractivity contribution >= 4 is 34.3 Å². The molecule has 9 nitrogen and oxygen atoms in total. The molecule has 1 unspecified atom stereocenters. The Kier molecular flexibility index (Phi) is 6.50. The van der Waals surface area contributed by atoms with Gasteiger partial charge < -0.3 is 25.6 Å². The summed E-state index contributed by atoms with van der Waals surface area (Å²) in [6, 6.07) is 9.97. The second kappa shape index (κ2) is 10.0. The molecule has 0 radical (unpaired) electrons. The van der Waals surface area contributed by atoms with Crippen LogP contribution in [0.15, 0.2) is 54.7 Å². The molecule has 2 aromatic carbocycles. The number of rotatable bonds is 8. The lowest BCUT2D eigenvalue weighted by atomic mass is 9.89. The molecule has 2 aromatic heterocycles. The molecular weight excluding hydrogens is 620 g/mol. The highest BCUT2D eigenvalue weighted by Crippen LogP contribution is 2.61. The average Bonchev–Trinajstić information content (AvgIpc) is 3.92. The number of carbonyl (C=O) groups is 2. The van der Waals surface area contributed by atoms with Gasteiger partial charge in [0.05, 0.1) is 23.4 Å². The average molecular weight is 643 g/mol. The van der Waals surface area contributed by atoms with Crippen LogP contribution in [0.1, 0.15) is 40.9 Å². The predicted molar refractivity (Wildman–Crippen MR) is 152 cm³/mol. The monoisotopic (exact) mass is 642 g/mol. The molecule has 14 heteroatoms. The number of alkyl halides is 3. The van der Waals surface area contributed by atoms with E-state index in [0.717, 1.165) is 31.0 Å². The molecule has 4 aromatic rings. The zero-order valence-electron chi connectivity index (χ0n) is 23.1. The van der Waals surface area contributed by atoms with Crippen molar-refractivity contribution in [2.75, 3.05) is 6.54 Å². The van der Waals surface area contributed by atoms with E-state index in [2.05, 4.69) is 15.3 Å². The van der Waals surface area contributed by atoms with Crippen LogP contribution in [0.25, 0.3) is 22.2 Å². The van der Waals surface area contributed by atoms with E-state index >= 15 is 0 Å². The molecule has 3 aliphatic rings. The third-order valence-corrected chi connectivity index (χ3v) is 8.57. The molecule has 7 rings (SSSR count). The van der Waals surface area contributed by atoms with E-state index in [1.807, 2.05) is 0 Å². The van der Waals surface area contributed by atoms with Crippen molar-refractivity contribution in [1.29, 1.82) is 0 Å². The number of nitrogens with one attached hydrogen (secondary N) is 1. The fourth-order valence-corrected chi connectivity index (χ4v) is 5.78. The number of halogens is 5. The molecule has 232 valence electrons. The number of aliphatic hydroxyl groups is 1. The van der Waals surface area contributed by atoms with Gasteiger partial charge in [0.2, 0.25) is 11.5 Å². The minimum atomic E-state index is -5.36. The van der Waals surface area contributed by atoms with Gasteiger partial charge in [-0.2, -0.15) is 13.2 Å². The van der Waals surface area contributed by atoms with Gasteiger partial charge >= 0.3 is 6.18 Å². The Morgan fingerprint density at radius 2 is 1.89 bits per heavy atom. The largest absolute Gasteiger partial charge is 0.488 e. The topological polar surface area (TPSA) is 137 Å². The zero-order chi connectivity index (χ0) is 31.9. The molecule has 0 saturated heterocycles. The maximum Gasteiger partial charge on any atom is 0.424 e. The van der Waals surface area contributed by atoms with Gasteiger partial charge in [-0.3, -0.25) is 14.6 Å². The molecule has 45 heavy (non-hydrogen) atoms. The summed E-state index contributed by atoms with van der Waals surface area (Å²) in [5.74, 6) is -2.08. The normalized spacial score (nSPS) is 21.3. The van der Waals surface area contributed by atoms with Gasteiger partial charge in [-0.1, -0.05) is 11.6 Å². The van der Waals surface area contributed by atoms with Gasteiger partial charge in [0.1, 0.15) is 34.3 Å². The van der Waals surface area contributed by atoms with Gasteiger partial charge in [0.25, 0.3) is 5.91 Å². The number of pyridine rings is 2. The van der Waals surface area contributed by atoms with Crippen LogP contribution in [0.3, 0.4) is 0 Å². The van der Waals surface area contributed by atoms with E-state index in [9.17, 15) is 32.3 Å². The Morgan fingerprint density at radius 1 is 1.16 bits per heavy atom. The van der Waals surface area contributed by atoms with Crippen LogP contribution in [0, 0.1) is 5.82 Å². The summed E-state index contributed by atoms with van der Waals surface area (Å²) in [6.07, 6.45) is -2.99. The summed E-state index contributed by atoms with van der Waals surface area (Å²) in [7, 11) is 0. The summed E-state index contributed by atoms with van der Waals surface area (Å²) in [5, 5.41) is 14.2. The van der Waals surface area contributed by atoms with Gasteiger partial charge in [-0.05, 0) is 61.4 Å². The number of benzene rings is 2. The number of ether oxygens (including phenoxy) is 2. The maximum atomic E-state index is 14.8. The van der Waals surface area contributed by atoms with Crippen molar-refractivity contribution in [3.63, 3.8) is 0 Å². The van der Waals surface area contributed by atoms with Crippen molar-refractivity contribution in [2.45, 2.75) is 48.7 Å². The lowest BCUT2D eigenvalue weighted by Crippen LogP contribution is -2.51. The first kappa shape index (κ1) is 29.2. The molecule has 2 fully saturated rings. The fraction of sp³-hybridized carbons (Fsp3) is 0.290. The molecule has 3 heterocycles. The van der Waals surface area contributed by atoms with Crippen LogP contribution in [0.2, 0.25) is 5.02 Å². The number of carbonyl (C=O) groups excluding carboxylic acids is 2. The van der Waals surface area contributed by atoms with Crippen molar-refractivity contribution in [2.24, 2.45) is 5.73 Å². The van der Waals surface area contributed by atoms with Crippen LogP contribution >= 0.6 is 11.6 Å². The number of hydrogen-bond acceptors (Lipinski definition) is 7. The van der Waals surface area contributed by atoms with E-state index in [1.54, 1.807) is 6.07 Å². The van der Waals surface area contributed by atoms with E-state index in [1.165, 1.54) is 30.5 Å². The molecule has 1 aliphatic heterocycles. The van der Waals surface area contributed by atoms with Crippen LogP contribution in [0.4, 0.5) is 17.6 Å². The van der Waals surface area contributed by atoms with E-state index < -0.39 is 53.2 Å². The Balaban J connectivity index is 1.28. The first-order valence-corrected chi connectivity index (χ1v) is 14.3. The molecule has 2 aliphatic carbocycles. The summed E-state index contributed by atoms with van der Waals surface area (Å²) in [6.45, 7) is -1.34. The summed E-state index contributed by atoms with van der Waals surface area (Å²) >= 11 is 6.08. The van der Waals surface area contributed by atoms with Gasteiger partial charge in [0.15, 0.2) is 5.75 Å². The van der Waals surface area contributed by atoms with Crippen molar-refractivity contribution in [3.05, 3.63) is 82.4 Å². The van der Waals surface area contributed by atoms with Gasteiger partial charge in [-0.25, -0.2) is 9.37 Å². The lowest BCUT2D eigenvalue weighted by Gasteiger charge is -2.31. The quantitative estimate of drug-likeness (QED) is 0.237. The highest BCUT2D eigenvalue weighted by molar-refractivity contribution is 6.31. The number of amides is 2. The van der Waals surface area contributed by atoms with Crippen LogP contribution < -0.4 is 20.5 Å². The molecular formula is C31H23ClF4N4O5. The highest BCUT2D eigenvalue weighted by Gasteiger charge is 2.69. The number of primary amides is 1. The SMILES string of the molecule is NC(=O)[C@@]12CC1Oc1c2cc([C@@](O)(CNC(=O)c2cc(OC3CC3)c3ncc(Cl)cc3c2)C(F)(F)F)nc1-c1ccc(F)cc1. The minimum absolute atomic E-state index is 0.0144. The van der Waals surface area contributed by atoms with Gasteiger partial charge in [0, 0.05) is 34.7 Å². The third kappa shape index (κ3) is 4.81. The third-order valence-electron chi connectivity index (χ3n) is 8.36.